The molecule has 0 saturated heterocycles. The quantitative estimate of drug-likeness (QED) is 0.297. The first kappa shape index (κ1) is 24.7. The van der Waals surface area contributed by atoms with Crippen LogP contribution in [0.2, 0.25) is 0 Å². The number of aliphatic carboxylic acids is 3. The Kier molecular flexibility index (Phi) is 31.0. The van der Waals surface area contributed by atoms with E-state index in [0.717, 1.165) is 0 Å². The largest absolute Gasteiger partial charge is 0.480 e. The maximum absolute atomic E-state index is 9.24. The molecule has 98 valence electrons. The van der Waals surface area contributed by atoms with Crippen LogP contribution in [0.5, 0.6) is 0 Å². The third-order valence-electron chi connectivity index (χ3n) is 0.524. The van der Waals surface area contributed by atoms with Crippen molar-refractivity contribution < 1.29 is 69.6 Å². The van der Waals surface area contributed by atoms with Gasteiger partial charge in [-0.2, -0.15) is 0 Å². The zero-order valence-electron chi connectivity index (χ0n) is 8.27. The molecule has 0 aliphatic heterocycles. The number of nitrogens with two attached hydrogens (primary N) is 3. The Morgan fingerprint density at radius 1 is 0.688 bits per heavy atom. The second kappa shape index (κ2) is 20.1. The van der Waals surface area contributed by atoms with Crippen LogP contribution in [-0.4, -0.2) is 52.9 Å². The van der Waals surface area contributed by atoms with Crippen LogP contribution in [0.25, 0.3) is 0 Å². The van der Waals surface area contributed by atoms with Crippen molar-refractivity contribution in [2.24, 2.45) is 17.2 Å². The van der Waals surface area contributed by atoms with Crippen LogP contribution in [0.15, 0.2) is 0 Å². The summed E-state index contributed by atoms with van der Waals surface area (Å²) in [7, 11) is 0. The Labute approximate surface area is 124 Å². The minimum Gasteiger partial charge on any atom is -0.480 e. The molecule has 0 aromatic heterocycles. The van der Waals surface area contributed by atoms with Gasteiger partial charge >= 0.3 is 17.9 Å². The van der Waals surface area contributed by atoms with Gasteiger partial charge in [-0.3, -0.25) is 14.4 Å². The van der Waals surface area contributed by atoms with E-state index in [0.29, 0.717) is 0 Å². The third-order valence-corrected chi connectivity index (χ3v) is 0.524. The molecular weight excluding hydrogens is 367 g/mol. The van der Waals surface area contributed by atoms with E-state index < -0.39 is 17.9 Å². The van der Waals surface area contributed by atoms with Crippen molar-refractivity contribution in [1.29, 1.82) is 0 Å². The van der Waals surface area contributed by atoms with Gasteiger partial charge in [0.05, 0.1) is 19.6 Å². The summed E-state index contributed by atoms with van der Waals surface area (Å²) < 4.78 is 0. The van der Waals surface area contributed by atoms with Gasteiger partial charge in [0.15, 0.2) is 0 Å². The third kappa shape index (κ3) is 68.7. The van der Waals surface area contributed by atoms with Crippen molar-refractivity contribution in [2.45, 2.75) is 0 Å². The number of rotatable bonds is 3. The molecule has 0 bridgehead atoms. The molecule has 10 heteroatoms. The Morgan fingerprint density at radius 3 is 0.750 bits per heavy atom. The van der Waals surface area contributed by atoms with Crippen molar-refractivity contribution in [3.05, 3.63) is 0 Å². The van der Waals surface area contributed by atoms with Gasteiger partial charge in [-0.25, -0.2) is 0 Å². The Balaban J connectivity index is -0.0000000655. The van der Waals surface area contributed by atoms with Crippen LogP contribution in [0.3, 0.4) is 0 Å². The van der Waals surface area contributed by atoms with Gasteiger partial charge in [-0.15, -0.1) is 0 Å². The fourth-order valence-electron chi connectivity index (χ4n) is 0. The van der Waals surface area contributed by atoms with Crippen LogP contribution in [0, 0.1) is 39.9 Å². The normalized spacial score (nSPS) is 6.94. The van der Waals surface area contributed by atoms with E-state index in [-0.39, 0.29) is 59.6 Å². The number of carbonyl (C=O) groups is 3. The molecule has 9 nitrogen and oxygen atoms in total. The molecule has 0 aromatic carbocycles. The van der Waals surface area contributed by atoms with Crippen LogP contribution < -0.4 is 17.2 Å². The van der Waals surface area contributed by atoms with E-state index in [9.17, 15) is 14.4 Å². The number of hydrogen-bond donors (Lipinski definition) is 6. The second-order valence-corrected chi connectivity index (χ2v) is 1.79. The number of hydrogen-bond acceptors (Lipinski definition) is 6. The van der Waals surface area contributed by atoms with Gasteiger partial charge in [0.1, 0.15) is 0 Å². The van der Waals surface area contributed by atoms with Gasteiger partial charge in [-0.05, 0) is 0 Å². The molecule has 0 heterocycles. The summed E-state index contributed by atoms with van der Waals surface area (Å²) in [6.07, 6.45) is 0. The molecule has 0 rings (SSSR count). The van der Waals surface area contributed by atoms with Crippen molar-refractivity contribution in [2.75, 3.05) is 19.6 Å². The first-order chi connectivity index (χ1) is 6.81. The average Bonchev–Trinajstić information content (AvgIpc) is 2.19. The predicted octanol–water partition coefficient (Wildman–Crippen LogP) is -2.91. The smallest absolute Gasteiger partial charge is 0.317 e. The molecule has 0 amide bonds. The maximum atomic E-state index is 9.24. The van der Waals surface area contributed by atoms with Crippen molar-refractivity contribution in [3.63, 3.8) is 0 Å². The van der Waals surface area contributed by atoms with E-state index in [1.807, 2.05) is 0 Å². The topological polar surface area (TPSA) is 190 Å². The molecule has 0 saturated carbocycles. The van der Waals surface area contributed by atoms with Gasteiger partial charge in [0, 0.05) is 39.9 Å². The Hall–Kier alpha value is -0.385. The molecule has 0 aliphatic carbocycles. The molecule has 0 unspecified atom stereocenters. The zero-order chi connectivity index (χ0) is 12.9. The monoisotopic (exact) mass is 383 g/mol. The summed E-state index contributed by atoms with van der Waals surface area (Å²) in [5, 5.41) is 22.8. The SMILES string of the molecule is NCC(=O)O.NCC(=O)O.NCC(=O)O.[Gd]. The standard InChI is InChI=1S/3C2H5NO2.Gd/c3*3-1-2(4)5;/h3*1,3H2,(H,4,5);. The fraction of sp³-hybridized carbons (Fsp3) is 0.500. The molecule has 0 atom stereocenters. The van der Waals surface area contributed by atoms with Crippen molar-refractivity contribution >= 4 is 17.9 Å². The molecule has 9 N–H and O–H groups in total. The molecule has 0 aromatic rings. The van der Waals surface area contributed by atoms with Crippen LogP contribution in [0.1, 0.15) is 0 Å². The summed E-state index contributed by atoms with van der Waals surface area (Å²) >= 11 is 0. The zero-order valence-corrected chi connectivity index (χ0v) is 10.5. The summed E-state index contributed by atoms with van der Waals surface area (Å²) in [6.45, 7) is -0.833. The summed E-state index contributed by atoms with van der Waals surface area (Å²) in [5.74, 6) is -2.90. The van der Waals surface area contributed by atoms with Gasteiger partial charge in [0.2, 0.25) is 0 Å². The summed E-state index contributed by atoms with van der Waals surface area (Å²) in [5.41, 5.74) is 13.7. The molecule has 0 aliphatic rings. The van der Waals surface area contributed by atoms with Gasteiger partial charge in [-0.1, -0.05) is 0 Å². The first-order valence-corrected chi connectivity index (χ1v) is 3.57. The summed E-state index contributed by atoms with van der Waals surface area (Å²) in [4.78, 5) is 27.7. The van der Waals surface area contributed by atoms with E-state index in [2.05, 4.69) is 17.2 Å². The molecule has 0 spiro atoms. The number of carboxylic acids is 3. The van der Waals surface area contributed by atoms with Crippen LogP contribution in [-0.2, 0) is 14.4 Å². The van der Waals surface area contributed by atoms with E-state index in [1.54, 1.807) is 0 Å². The summed E-state index contributed by atoms with van der Waals surface area (Å²) in [6, 6.07) is 0. The average molecular weight is 382 g/mol. The molecular formula is C6H15GdN3O6. The second-order valence-electron chi connectivity index (χ2n) is 1.79. The van der Waals surface area contributed by atoms with Crippen molar-refractivity contribution in [3.8, 4) is 0 Å². The molecule has 0 fully saturated rings. The first-order valence-electron chi connectivity index (χ1n) is 3.57. The van der Waals surface area contributed by atoms with E-state index >= 15 is 0 Å². The van der Waals surface area contributed by atoms with Crippen LogP contribution in [0.4, 0.5) is 0 Å². The van der Waals surface area contributed by atoms with Crippen molar-refractivity contribution in [1.82, 2.24) is 0 Å². The Bertz CT molecular complexity index is 167. The minimum atomic E-state index is -0.968. The fourth-order valence-corrected chi connectivity index (χ4v) is 0. The number of carboxylic acid groups (broad SMARTS) is 3. The Morgan fingerprint density at radius 2 is 0.750 bits per heavy atom. The minimum absolute atomic E-state index is 0. The van der Waals surface area contributed by atoms with Gasteiger partial charge in [0.25, 0.3) is 0 Å². The molecule has 0 radical (unpaired) electrons. The molecule has 16 heavy (non-hydrogen) atoms. The van der Waals surface area contributed by atoms with Crippen LogP contribution >= 0.6 is 0 Å². The van der Waals surface area contributed by atoms with Gasteiger partial charge < -0.3 is 32.5 Å². The maximum Gasteiger partial charge on any atom is 0.317 e. The van der Waals surface area contributed by atoms with E-state index in [4.69, 9.17) is 15.3 Å². The van der Waals surface area contributed by atoms with E-state index in [1.165, 1.54) is 0 Å². The predicted molar refractivity (Wildman–Crippen MR) is 50.1 cm³/mol.